The zero-order valence-electron chi connectivity index (χ0n) is 11.6. The molecular weight excluding hydrogens is 274 g/mol. The first kappa shape index (κ1) is 14.4. The molecular formula is C14H15N3O4. The number of rotatable bonds is 5. The lowest BCUT2D eigenvalue weighted by Gasteiger charge is -2.10. The number of hydrogen-bond donors (Lipinski definition) is 2. The third-order valence-corrected chi connectivity index (χ3v) is 2.68. The fourth-order valence-corrected chi connectivity index (χ4v) is 1.67. The van der Waals surface area contributed by atoms with E-state index in [0.717, 1.165) is 0 Å². The van der Waals surface area contributed by atoms with Crippen molar-refractivity contribution in [2.75, 3.05) is 20.0 Å². The second kappa shape index (κ2) is 6.00. The van der Waals surface area contributed by atoms with E-state index < -0.39 is 5.91 Å². The molecule has 0 saturated carbocycles. The maximum Gasteiger partial charge on any atom is 0.248 e. The highest BCUT2D eigenvalue weighted by atomic mass is 16.5. The predicted octanol–water partition coefficient (Wildman–Crippen LogP) is 1.57. The molecule has 2 rings (SSSR count). The number of hydrogen-bond acceptors (Lipinski definition) is 6. The number of aromatic nitrogens is 1. The molecule has 21 heavy (non-hydrogen) atoms. The highest BCUT2D eigenvalue weighted by molar-refractivity contribution is 5.93. The van der Waals surface area contributed by atoms with Crippen molar-refractivity contribution in [3.63, 3.8) is 0 Å². The first-order valence-corrected chi connectivity index (χ1v) is 6.00. The molecule has 0 saturated heterocycles. The van der Waals surface area contributed by atoms with Gasteiger partial charge in [-0.1, -0.05) is 0 Å². The number of nitrogens with zero attached hydrogens (tertiary/aromatic N) is 1. The fraction of sp³-hybridized carbons (Fsp3) is 0.143. The lowest BCUT2D eigenvalue weighted by atomic mass is 10.2. The molecule has 0 radical (unpaired) electrons. The Morgan fingerprint density at radius 2 is 1.81 bits per heavy atom. The van der Waals surface area contributed by atoms with Gasteiger partial charge in [0.25, 0.3) is 0 Å². The van der Waals surface area contributed by atoms with Gasteiger partial charge in [-0.2, -0.15) is 4.98 Å². The minimum Gasteiger partial charge on any atom is -0.497 e. The van der Waals surface area contributed by atoms with Crippen molar-refractivity contribution in [1.82, 2.24) is 4.98 Å². The maximum atomic E-state index is 11.3. The molecule has 0 unspecified atom stereocenters. The zero-order chi connectivity index (χ0) is 15.4. The van der Waals surface area contributed by atoms with Gasteiger partial charge in [0.05, 0.1) is 19.9 Å². The number of anilines is 1. The van der Waals surface area contributed by atoms with Crippen LogP contribution in [0.4, 0.5) is 5.69 Å². The van der Waals surface area contributed by atoms with Gasteiger partial charge in [-0.15, -0.1) is 0 Å². The van der Waals surface area contributed by atoms with E-state index in [-0.39, 0.29) is 17.3 Å². The quantitative estimate of drug-likeness (QED) is 0.864. The van der Waals surface area contributed by atoms with Gasteiger partial charge in [-0.3, -0.25) is 4.79 Å². The van der Waals surface area contributed by atoms with Crippen LogP contribution in [0.25, 0.3) is 0 Å². The summed E-state index contributed by atoms with van der Waals surface area (Å²) >= 11 is 0. The van der Waals surface area contributed by atoms with Gasteiger partial charge in [0.2, 0.25) is 17.7 Å². The molecule has 110 valence electrons. The number of carbonyl (C=O) groups excluding carboxylic acids is 1. The van der Waals surface area contributed by atoms with Crippen molar-refractivity contribution in [1.29, 1.82) is 0 Å². The average molecular weight is 289 g/mol. The van der Waals surface area contributed by atoms with Crippen LogP contribution in [0.5, 0.6) is 23.3 Å². The summed E-state index contributed by atoms with van der Waals surface area (Å²) in [7, 11) is 2.94. The summed E-state index contributed by atoms with van der Waals surface area (Å²) in [6, 6.07) is 7.82. The Labute approximate surface area is 121 Å². The molecule has 1 amide bonds. The second-order valence-corrected chi connectivity index (χ2v) is 4.11. The van der Waals surface area contributed by atoms with Crippen LogP contribution >= 0.6 is 0 Å². The maximum absolute atomic E-state index is 11.3. The number of amides is 1. The number of pyridine rings is 1. The lowest BCUT2D eigenvalue weighted by Crippen LogP contribution is -2.11. The molecule has 0 spiro atoms. The highest BCUT2D eigenvalue weighted by Crippen LogP contribution is 2.29. The van der Waals surface area contributed by atoms with Crippen LogP contribution in [0.15, 0.2) is 30.3 Å². The average Bonchev–Trinajstić information content (AvgIpc) is 2.48. The predicted molar refractivity (Wildman–Crippen MR) is 76.8 cm³/mol. The molecule has 0 atom stereocenters. The summed E-state index contributed by atoms with van der Waals surface area (Å²) in [6.45, 7) is 0. The van der Waals surface area contributed by atoms with E-state index in [2.05, 4.69) is 4.98 Å². The van der Waals surface area contributed by atoms with Crippen molar-refractivity contribution in [2.45, 2.75) is 0 Å². The molecule has 0 bridgehead atoms. The third kappa shape index (κ3) is 3.33. The van der Waals surface area contributed by atoms with Gasteiger partial charge in [0.1, 0.15) is 11.5 Å². The lowest BCUT2D eigenvalue weighted by molar-refractivity contribution is 0.0999. The zero-order valence-corrected chi connectivity index (χ0v) is 11.6. The van der Waals surface area contributed by atoms with E-state index in [1.165, 1.54) is 26.4 Å². The number of methoxy groups -OCH3 is 2. The molecule has 0 aliphatic rings. The number of benzene rings is 1. The van der Waals surface area contributed by atoms with E-state index in [9.17, 15) is 4.79 Å². The first-order valence-electron chi connectivity index (χ1n) is 6.00. The molecule has 7 nitrogen and oxygen atoms in total. The van der Waals surface area contributed by atoms with Crippen LogP contribution in [0, 0.1) is 0 Å². The van der Waals surface area contributed by atoms with Crippen molar-refractivity contribution in [2.24, 2.45) is 5.73 Å². The summed E-state index contributed by atoms with van der Waals surface area (Å²) in [4.78, 5) is 15.4. The van der Waals surface area contributed by atoms with Crippen LogP contribution < -0.4 is 25.7 Å². The van der Waals surface area contributed by atoms with Gasteiger partial charge >= 0.3 is 0 Å². The standard InChI is InChI=1S/C14H15N3O4/c1-19-9-5-8(13(16)18)6-10(7-9)21-12-4-3-11(15)14(17-12)20-2/h3-7H,15H2,1-2H3,(H2,16,18). The second-order valence-electron chi connectivity index (χ2n) is 4.11. The summed E-state index contributed by atoms with van der Waals surface area (Å²) in [5.74, 6) is 0.753. The number of carbonyl (C=O) groups is 1. The third-order valence-electron chi connectivity index (χ3n) is 2.68. The molecule has 0 aliphatic carbocycles. The monoisotopic (exact) mass is 289 g/mol. The Bertz CT molecular complexity index is 673. The van der Waals surface area contributed by atoms with Gasteiger partial charge in [0, 0.05) is 17.7 Å². The van der Waals surface area contributed by atoms with Crippen molar-refractivity contribution in [3.8, 4) is 23.3 Å². The largest absolute Gasteiger partial charge is 0.497 e. The Balaban J connectivity index is 2.34. The molecule has 1 aromatic heterocycles. The van der Waals surface area contributed by atoms with E-state index in [1.807, 2.05) is 0 Å². The number of primary amides is 1. The van der Waals surface area contributed by atoms with Crippen LogP contribution in [0.2, 0.25) is 0 Å². The fourth-order valence-electron chi connectivity index (χ4n) is 1.67. The topological polar surface area (TPSA) is 110 Å². The minimum absolute atomic E-state index is 0.255. The van der Waals surface area contributed by atoms with E-state index in [4.69, 9.17) is 25.7 Å². The number of nitrogen functional groups attached to an aromatic ring is 1. The van der Waals surface area contributed by atoms with Crippen LogP contribution in [0.1, 0.15) is 10.4 Å². The van der Waals surface area contributed by atoms with Gasteiger partial charge in [-0.25, -0.2) is 0 Å². The summed E-state index contributed by atoms with van der Waals surface area (Å²) in [5, 5.41) is 0. The number of ether oxygens (including phenoxy) is 3. The summed E-state index contributed by atoms with van der Waals surface area (Å²) < 4.78 is 15.7. The minimum atomic E-state index is -0.582. The van der Waals surface area contributed by atoms with E-state index in [0.29, 0.717) is 17.2 Å². The molecule has 0 fully saturated rings. The van der Waals surface area contributed by atoms with Gasteiger partial charge in [-0.05, 0) is 18.2 Å². The van der Waals surface area contributed by atoms with Crippen molar-refractivity contribution in [3.05, 3.63) is 35.9 Å². The Kier molecular flexibility index (Phi) is 4.13. The highest BCUT2D eigenvalue weighted by Gasteiger charge is 2.09. The smallest absolute Gasteiger partial charge is 0.248 e. The molecule has 1 heterocycles. The van der Waals surface area contributed by atoms with Crippen LogP contribution in [0.3, 0.4) is 0 Å². The first-order chi connectivity index (χ1) is 10.0. The summed E-state index contributed by atoms with van der Waals surface area (Å²) in [6.07, 6.45) is 0. The number of nitrogens with two attached hydrogens (primary N) is 2. The molecule has 7 heteroatoms. The van der Waals surface area contributed by atoms with Crippen LogP contribution in [-0.4, -0.2) is 25.1 Å². The van der Waals surface area contributed by atoms with E-state index in [1.54, 1.807) is 18.2 Å². The van der Waals surface area contributed by atoms with Gasteiger partial charge < -0.3 is 25.7 Å². The Morgan fingerprint density at radius 3 is 2.43 bits per heavy atom. The molecule has 1 aromatic carbocycles. The molecule has 2 aromatic rings. The van der Waals surface area contributed by atoms with Gasteiger partial charge in [0.15, 0.2) is 0 Å². The SMILES string of the molecule is COc1cc(Oc2ccc(N)c(OC)n2)cc(C(N)=O)c1. The molecule has 0 aliphatic heterocycles. The Morgan fingerprint density at radius 1 is 1.10 bits per heavy atom. The normalized spacial score (nSPS) is 10.0. The van der Waals surface area contributed by atoms with E-state index >= 15 is 0 Å². The van der Waals surface area contributed by atoms with Crippen LogP contribution in [-0.2, 0) is 0 Å². The Hall–Kier alpha value is -2.96. The summed E-state index contributed by atoms with van der Waals surface area (Å²) in [5.41, 5.74) is 11.6. The van der Waals surface area contributed by atoms with Crippen molar-refractivity contribution < 1.29 is 19.0 Å². The van der Waals surface area contributed by atoms with Crippen molar-refractivity contribution >= 4 is 11.6 Å². The molecule has 4 N–H and O–H groups in total.